The highest BCUT2D eigenvalue weighted by atomic mass is 79.9. The van der Waals surface area contributed by atoms with Crippen LogP contribution in [0.15, 0.2) is 38.1 Å². The van der Waals surface area contributed by atoms with Crippen molar-refractivity contribution in [2.45, 2.75) is 33.4 Å². The van der Waals surface area contributed by atoms with Crippen molar-refractivity contribution in [2.75, 3.05) is 0 Å². The van der Waals surface area contributed by atoms with Crippen molar-refractivity contribution in [1.82, 2.24) is 20.3 Å². The number of fused-ring (bicyclic) bond motifs is 1. The molecule has 3 rings (SSSR count). The minimum Gasteiger partial charge on any atom is -0.360 e. The molecular weight excluding hydrogens is 388 g/mol. The fourth-order valence-corrected chi connectivity index (χ4v) is 3.05. The molecule has 2 aromatic heterocycles. The number of nitrogens with one attached hydrogen (secondary N) is 1. The molecule has 1 N–H and O–H groups in total. The Morgan fingerprint density at radius 3 is 2.84 bits per heavy atom. The number of nitrogens with zero attached hydrogens (tertiary/aromatic N) is 3. The predicted octanol–water partition coefficient (Wildman–Crippen LogP) is 2.47. The Labute approximate surface area is 152 Å². The number of halogens is 1. The lowest BCUT2D eigenvalue weighted by atomic mass is 10.2. The van der Waals surface area contributed by atoms with Crippen LogP contribution in [0.3, 0.4) is 0 Å². The van der Waals surface area contributed by atoms with Crippen molar-refractivity contribution in [3.63, 3.8) is 0 Å². The lowest BCUT2D eigenvalue weighted by Gasteiger charge is -2.08. The summed E-state index contributed by atoms with van der Waals surface area (Å²) in [4.78, 5) is 24.4. The van der Waals surface area contributed by atoms with Crippen LogP contribution < -0.4 is 10.9 Å². The third kappa shape index (κ3) is 3.63. The molecule has 1 amide bonds. The van der Waals surface area contributed by atoms with Crippen LogP contribution in [0.5, 0.6) is 0 Å². The van der Waals surface area contributed by atoms with E-state index in [1.807, 2.05) is 24.3 Å². The summed E-state index contributed by atoms with van der Waals surface area (Å²) < 4.78 is 7.27. The molecule has 0 saturated heterocycles. The zero-order valence-electron chi connectivity index (χ0n) is 13.9. The quantitative estimate of drug-likeness (QED) is 0.705. The first-order valence-corrected chi connectivity index (χ1v) is 8.60. The minimum atomic E-state index is -0.351. The highest BCUT2D eigenvalue weighted by molar-refractivity contribution is 9.10. The molecule has 0 unspecified atom stereocenters. The summed E-state index contributed by atoms with van der Waals surface area (Å²) in [6.45, 7) is 4.13. The summed E-state index contributed by atoms with van der Waals surface area (Å²) >= 11 is 3.44. The monoisotopic (exact) mass is 404 g/mol. The van der Waals surface area contributed by atoms with E-state index in [-0.39, 0.29) is 29.9 Å². The van der Waals surface area contributed by atoms with Crippen LogP contribution in [0.25, 0.3) is 10.9 Å². The van der Waals surface area contributed by atoms with Crippen molar-refractivity contribution in [3.8, 4) is 0 Å². The van der Waals surface area contributed by atoms with Crippen molar-refractivity contribution in [1.29, 1.82) is 0 Å². The first-order valence-electron chi connectivity index (χ1n) is 7.81. The van der Waals surface area contributed by atoms with Crippen LogP contribution in [-0.2, 0) is 17.9 Å². The molecule has 0 atom stereocenters. The maximum atomic E-state index is 12.4. The van der Waals surface area contributed by atoms with Gasteiger partial charge in [0.15, 0.2) is 5.52 Å². The van der Waals surface area contributed by atoms with Gasteiger partial charge in [-0.1, -0.05) is 39.3 Å². The number of amides is 1. The number of carbonyl (C=O) groups excluding carboxylic acids is 1. The van der Waals surface area contributed by atoms with Gasteiger partial charge in [-0.15, -0.1) is 0 Å². The Hall–Kier alpha value is -2.48. The van der Waals surface area contributed by atoms with E-state index < -0.39 is 0 Å². The van der Waals surface area contributed by atoms with E-state index in [2.05, 4.69) is 31.5 Å². The Morgan fingerprint density at radius 2 is 2.08 bits per heavy atom. The van der Waals surface area contributed by atoms with Gasteiger partial charge in [0.25, 0.3) is 5.56 Å². The zero-order valence-corrected chi connectivity index (χ0v) is 15.5. The Morgan fingerprint density at radius 1 is 1.32 bits per heavy atom. The Bertz CT molecular complexity index is 993. The van der Waals surface area contributed by atoms with Gasteiger partial charge < -0.3 is 9.84 Å². The summed E-state index contributed by atoms with van der Waals surface area (Å²) in [6.07, 6.45) is 0.152. The van der Waals surface area contributed by atoms with Gasteiger partial charge in [-0.25, -0.2) is 4.68 Å². The molecule has 0 spiro atoms. The summed E-state index contributed by atoms with van der Waals surface area (Å²) in [7, 11) is 0. The van der Waals surface area contributed by atoms with Crippen LogP contribution in [-0.4, -0.2) is 20.8 Å². The lowest BCUT2D eigenvalue weighted by molar-refractivity contribution is -0.121. The second-order valence-electron chi connectivity index (χ2n) is 5.69. The number of aromatic nitrogens is 3. The molecule has 2 heterocycles. The molecule has 0 saturated carbocycles. The Kier molecular flexibility index (Phi) is 4.98. The second-order valence-corrected chi connectivity index (χ2v) is 6.55. The molecule has 0 aliphatic heterocycles. The van der Waals surface area contributed by atoms with Gasteiger partial charge in [0.1, 0.15) is 5.76 Å². The van der Waals surface area contributed by atoms with Gasteiger partial charge in [0, 0.05) is 17.4 Å². The molecule has 130 valence electrons. The molecular formula is C17H17BrN4O3. The summed E-state index contributed by atoms with van der Waals surface area (Å²) in [5.41, 5.74) is 1.54. The van der Waals surface area contributed by atoms with Crippen molar-refractivity contribution >= 4 is 32.7 Å². The second kappa shape index (κ2) is 7.18. The summed E-state index contributed by atoms with van der Waals surface area (Å²) in [5.74, 6) is 0.411. The third-order valence-corrected chi connectivity index (χ3v) is 4.69. The van der Waals surface area contributed by atoms with Gasteiger partial charge >= 0.3 is 0 Å². The molecule has 25 heavy (non-hydrogen) atoms. The van der Waals surface area contributed by atoms with Gasteiger partial charge in [-0.2, -0.15) is 5.10 Å². The number of rotatable bonds is 5. The number of aryl methyl sites for hydroxylation is 3. The topological polar surface area (TPSA) is 90.0 Å². The molecule has 3 aromatic rings. The average Bonchev–Trinajstić information content (AvgIpc) is 2.98. The van der Waals surface area contributed by atoms with E-state index >= 15 is 0 Å². The van der Waals surface area contributed by atoms with E-state index in [9.17, 15) is 9.59 Å². The highest BCUT2D eigenvalue weighted by Crippen LogP contribution is 2.17. The largest absolute Gasteiger partial charge is 0.360 e. The number of carbonyl (C=O) groups is 1. The molecule has 0 bridgehead atoms. The summed E-state index contributed by atoms with van der Waals surface area (Å²) in [5, 5.41) is 11.5. The number of hydrogen-bond acceptors (Lipinski definition) is 5. The van der Waals surface area contributed by atoms with Crippen LogP contribution in [0.1, 0.15) is 23.4 Å². The van der Waals surface area contributed by atoms with E-state index in [1.54, 1.807) is 13.8 Å². The molecule has 0 radical (unpaired) electrons. The van der Waals surface area contributed by atoms with Crippen LogP contribution in [0.2, 0.25) is 0 Å². The molecule has 8 heteroatoms. The minimum absolute atomic E-state index is 0.152. The van der Waals surface area contributed by atoms with E-state index in [4.69, 9.17) is 4.52 Å². The van der Waals surface area contributed by atoms with Crippen molar-refractivity contribution in [2.24, 2.45) is 0 Å². The average molecular weight is 405 g/mol. The summed E-state index contributed by atoms with van der Waals surface area (Å²) in [6, 6.07) is 7.68. The fraction of sp³-hybridized carbons (Fsp3) is 0.294. The Balaban J connectivity index is 1.66. The molecule has 7 nitrogen and oxygen atoms in total. The van der Waals surface area contributed by atoms with E-state index in [1.165, 1.54) is 4.68 Å². The lowest BCUT2D eigenvalue weighted by Crippen LogP contribution is -2.29. The molecule has 0 aliphatic carbocycles. The van der Waals surface area contributed by atoms with E-state index in [0.717, 1.165) is 10.0 Å². The van der Waals surface area contributed by atoms with Gasteiger partial charge in [0.2, 0.25) is 5.91 Å². The van der Waals surface area contributed by atoms with Crippen LogP contribution in [0.4, 0.5) is 0 Å². The molecule has 0 aliphatic rings. The predicted molar refractivity (Wildman–Crippen MR) is 96.1 cm³/mol. The van der Waals surface area contributed by atoms with Crippen molar-refractivity contribution in [3.05, 3.63) is 56.1 Å². The molecule has 0 fully saturated rings. The van der Waals surface area contributed by atoms with Gasteiger partial charge in [-0.05, 0) is 25.5 Å². The number of hydrogen-bond donors (Lipinski definition) is 1. The molecule has 1 aromatic carbocycles. The maximum Gasteiger partial charge on any atom is 0.296 e. The van der Waals surface area contributed by atoms with Gasteiger partial charge in [-0.3, -0.25) is 9.59 Å². The van der Waals surface area contributed by atoms with Crippen LogP contribution in [0, 0.1) is 13.8 Å². The standard InChI is InChI=1S/C17H17BrN4O3/c1-10-15-11(2)25-21-16(15)17(24)22(20-10)8-7-14(23)19-9-12-5-3-4-6-13(12)18/h3-6H,7-9H2,1-2H3,(H,19,23). The first kappa shape index (κ1) is 17.3. The fourth-order valence-electron chi connectivity index (χ4n) is 2.63. The first-order chi connectivity index (χ1) is 12.0. The van der Waals surface area contributed by atoms with E-state index in [0.29, 0.717) is 23.4 Å². The maximum absolute atomic E-state index is 12.4. The zero-order chi connectivity index (χ0) is 18.0. The van der Waals surface area contributed by atoms with Crippen molar-refractivity contribution < 1.29 is 9.32 Å². The normalized spacial score (nSPS) is 11.0. The SMILES string of the molecule is Cc1nn(CCC(=O)NCc2ccccc2Br)c(=O)c2noc(C)c12. The highest BCUT2D eigenvalue weighted by Gasteiger charge is 2.15. The third-order valence-electron chi connectivity index (χ3n) is 3.92. The number of benzene rings is 1. The van der Waals surface area contributed by atoms with Crippen LogP contribution >= 0.6 is 15.9 Å². The van der Waals surface area contributed by atoms with Gasteiger partial charge in [0.05, 0.1) is 17.6 Å². The smallest absolute Gasteiger partial charge is 0.296 e.